The van der Waals surface area contributed by atoms with Crippen LogP contribution >= 0.6 is 0 Å². The third-order valence-electron chi connectivity index (χ3n) is 1.65. The van der Waals surface area contributed by atoms with Gasteiger partial charge in [-0.25, -0.2) is 0 Å². The molecule has 2 heterocycles. The van der Waals surface area contributed by atoms with Gasteiger partial charge in [-0.1, -0.05) is 0 Å². The number of aliphatic hydroxyl groups excluding tert-OH is 1. The van der Waals surface area contributed by atoms with Gasteiger partial charge in [0.1, 0.15) is 12.2 Å². The number of nitrogens with one attached hydrogen (secondary N) is 1. The Labute approximate surface area is 51.8 Å². The molecule has 4 nitrogen and oxygen atoms in total. The quantitative estimate of drug-likeness (QED) is 0.381. The van der Waals surface area contributed by atoms with Gasteiger partial charge in [0.05, 0.1) is 0 Å². The zero-order valence-corrected chi connectivity index (χ0v) is 4.70. The minimum atomic E-state index is -0.493. The van der Waals surface area contributed by atoms with Crippen LogP contribution in [0.25, 0.3) is 0 Å². The molecule has 0 aromatic heterocycles. The van der Waals surface area contributed by atoms with Gasteiger partial charge in [-0.2, -0.15) is 0 Å². The van der Waals surface area contributed by atoms with Crippen molar-refractivity contribution in [3.63, 3.8) is 0 Å². The van der Waals surface area contributed by atoms with Crippen molar-refractivity contribution in [2.24, 2.45) is 0 Å². The first-order chi connectivity index (χ1) is 4.29. The molecule has 0 bridgehead atoms. The van der Waals surface area contributed by atoms with Gasteiger partial charge in [-0.05, 0) is 0 Å². The van der Waals surface area contributed by atoms with Crippen molar-refractivity contribution in [1.82, 2.24) is 5.32 Å². The molecule has 0 spiro atoms. The van der Waals surface area contributed by atoms with Crippen molar-refractivity contribution in [2.45, 2.75) is 18.3 Å². The summed E-state index contributed by atoms with van der Waals surface area (Å²) in [5.41, 5.74) is 0. The van der Waals surface area contributed by atoms with Crippen LogP contribution in [-0.4, -0.2) is 35.9 Å². The average Bonchev–Trinajstić information content (AvgIpc) is 2.57. The molecule has 2 aliphatic rings. The predicted molar refractivity (Wildman–Crippen MR) is 27.7 cm³/mol. The highest BCUT2D eigenvalue weighted by Gasteiger charge is 2.52. The first-order valence-electron chi connectivity index (χ1n) is 2.90. The second kappa shape index (κ2) is 1.46. The fourth-order valence-electron chi connectivity index (χ4n) is 1.05. The molecule has 2 N–H and O–H groups in total. The number of fused-ring (bicyclic) bond motifs is 1. The Morgan fingerprint density at radius 1 is 1.78 bits per heavy atom. The van der Waals surface area contributed by atoms with Gasteiger partial charge in [0.15, 0.2) is 6.10 Å². The average molecular weight is 129 g/mol. The Morgan fingerprint density at radius 2 is 2.56 bits per heavy atom. The number of epoxide rings is 1. The largest absolute Gasteiger partial charge is 0.388 e. The highest BCUT2D eigenvalue weighted by atomic mass is 16.6. The van der Waals surface area contributed by atoms with E-state index in [2.05, 4.69) is 5.32 Å². The lowest BCUT2D eigenvalue weighted by Crippen LogP contribution is -2.44. The second-order valence-electron chi connectivity index (χ2n) is 2.33. The molecule has 4 heteroatoms. The maximum Gasteiger partial charge on any atom is 0.252 e. The van der Waals surface area contributed by atoms with E-state index in [0.29, 0.717) is 6.54 Å². The van der Waals surface area contributed by atoms with Crippen molar-refractivity contribution in [1.29, 1.82) is 0 Å². The summed E-state index contributed by atoms with van der Waals surface area (Å²) in [6, 6.07) is 0. The van der Waals surface area contributed by atoms with Gasteiger partial charge in [0, 0.05) is 6.54 Å². The first kappa shape index (κ1) is 5.20. The minimum Gasteiger partial charge on any atom is -0.388 e. The Hall–Kier alpha value is -0.610. The minimum absolute atomic E-state index is 0.0923. The lowest BCUT2D eigenvalue weighted by Gasteiger charge is -2.12. The Balaban J connectivity index is 2.08. The summed E-state index contributed by atoms with van der Waals surface area (Å²) in [7, 11) is 0. The topological polar surface area (TPSA) is 61.9 Å². The van der Waals surface area contributed by atoms with Gasteiger partial charge < -0.3 is 15.2 Å². The number of hydrogen-bond acceptors (Lipinski definition) is 3. The van der Waals surface area contributed by atoms with Gasteiger partial charge >= 0.3 is 0 Å². The molecule has 2 saturated heterocycles. The van der Waals surface area contributed by atoms with Gasteiger partial charge in [-0.15, -0.1) is 0 Å². The molecule has 50 valence electrons. The smallest absolute Gasteiger partial charge is 0.252 e. The monoisotopic (exact) mass is 129 g/mol. The first-order valence-corrected chi connectivity index (χ1v) is 2.90. The van der Waals surface area contributed by atoms with Crippen LogP contribution < -0.4 is 5.32 Å². The van der Waals surface area contributed by atoms with Gasteiger partial charge in [0.2, 0.25) is 0 Å². The molecule has 9 heavy (non-hydrogen) atoms. The van der Waals surface area contributed by atoms with Crippen molar-refractivity contribution in [3.8, 4) is 0 Å². The molecule has 0 aromatic carbocycles. The molecule has 0 aromatic rings. The van der Waals surface area contributed by atoms with E-state index in [1.54, 1.807) is 0 Å². The van der Waals surface area contributed by atoms with E-state index in [1.165, 1.54) is 0 Å². The maximum absolute atomic E-state index is 10.6. The standard InChI is InChI=1S/C5H7NO3/c7-2-1-6-5(8)4-3(2)9-4/h2-4,7H,1H2,(H,6,8)/t2-,3+,4+/m0/s1. The molecule has 1 amide bonds. The van der Waals surface area contributed by atoms with Crippen molar-refractivity contribution < 1.29 is 14.6 Å². The molecule has 0 radical (unpaired) electrons. The van der Waals surface area contributed by atoms with E-state index in [9.17, 15) is 4.79 Å². The molecule has 2 rings (SSSR count). The fraction of sp³-hybridized carbons (Fsp3) is 0.800. The zero-order valence-electron chi connectivity index (χ0n) is 4.70. The third-order valence-corrected chi connectivity index (χ3v) is 1.65. The molecule has 0 unspecified atom stereocenters. The van der Waals surface area contributed by atoms with Gasteiger partial charge in [-0.3, -0.25) is 4.79 Å². The molecule has 0 aliphatic carbocycles. The second-order valence-corrected chi connectivity index (χ2v) is 2.33. The summed E-state index contributed by atoms with van der Waals surface area (Å²) in [5.74, 6) is -0.0923. The zero-order chi connectivity index (χ0) is 6.43. The van der Waals surface area contributed by atoms with E-state index in [0.717, 1.165) is 0 Å². The van der Waals surface area contributed by atoms with E-state index in [1.807, 2.05) is 0 Å². The number of β-amino-alcohol motifs (C(OH)–C–C–N with tert-alkyl or cyclic N) is 1. The van der Waals surface area contributed by atoms with Crippen LogP contribution in [0.3, 0.4) is 0 Å². The summed E-state index contributed by atoms with van der Waals surface area (Å²) in [6.45, 7) is 0.333. The molecule has 2 aliphatic heterocycles. The summed E-state index contributed by atoms with van der Waals surface area (Å²) in [5, 5.41) is 11.5. The van der Waals surface area contributed by atoms with Crippen LogP contribution in [0.15, 0.2) is 0 Å². The molecule has 3 atom stereocenters. The molecule has 2 fully saturated rings. The lowest BCUT2D eigenvalue weighted by molar-refractivity contribution is -0.123. The molecular formula is C5H7NO3. The van der Waals surface area contributed by atoms with Crippen molar-refractivity contribution >= 4 is 5.91 Å². The van der Waals surface area contributed by atoms with E-state index < -0.39 is 6.10 Å². The number of carbonyl (C=O) groups excluding carboxylic acids is 1. The van der Waals surface area contributed by atoms with E-state index in [-0.39, 0.29) is 18.1 Å². The predicted octanol–water partition coefficient (Wildman–Crippen LogP) is -1.76. The third kappa shape index (κ3) is 0.635. The van der Waals surface area contributed by atoms with Crippen LogP contribution in [0.2, 0.25) is 0 Å². The van der Waals surface area contributed by atoms with Crippen molar-refractivity contribution in [2.75, 3.05) is 6.54 Å². The lowest BCUT2D eigenvalue weighted by atomic mass is 10.1. The van der Waals surface area contributed by atoms with Crippen LogP contribution in [0.5, 0.6) is 0 Å². The summed E-state index contributed by atoms with van der Waals surface area (Å²) >= 11 is 0. The number of rotatable bonds is 0. The van der Waals surface area contributed by atoms with E-state index in [4.69, 9.17) is 9.84 Å². The highest BCUT2D eigenvalue weighted by Crippen LogP contribution is 2.27. The summed E-state index contributed by atoms with van der Waals surface area (Å²) < 4.78 is 4.84. The number of aliphatic hydroxyl groups is 1. The Morgan fingerprint density at radius 3 is 3.22 bits per heavy atom. The SMILES string of the molecule is O=C1NC[C@H](O)[C@H]2O[C@@H]12. The highest BCUT2D eigenvalue weighted by molar-refractivity contribution is 5.84. The van der Waals surface area contributed by atoms with Crippen LogP contribution in [0.1, 0.15) is 0 Å². The maximum atomic E-state index is 10.6. The van der Waals surface area contributed by atoms with E-state index >= 15 is 0 Å². The number of hydrogen-bond donors (Lipinski definition) is 2. The number of carbonyl (C=O) groups is 1. The number of ether oxygens (including phenoxy) is 1. The van der Waals surface area contributed by atoms with Crippen molar-refractivity contribution in [3.05, 3.63) is 0 Å². The normalized spacial score (nSPS) is 47.7. The molecule has 0 saturated carbocycles. The Bertz CT molecular complexity index is 158. The summed E-state index contributed by atoms with van der Waals surface area (Å²) in [6.07, 6.45) is -1.06. The summed E-state index contributed by atoms with van der Waals surface area (Å²) in [4.78, 5) is 10.6. The molecular weight excluding hydrogens is 122 g/mol. The fourth-order valence-corrected chi connectivity index (χ4v) is 1.05. The Kier molecular flexibility index (Phi) is 0.841. The van der Waals surface area contributed by atoms with Crippen LogP contribution in [0.4, 0.5) is 0 Å². The van der Waals surface area contributed by atoms with Gasteiger partial charge in [0.25, 0.3) is 5.91 Å². The number of amides is 1. The van der Waals surface area contributed by atoms with Crippen LogP contribution in [-0.2, 0) is 9.53 Å². The van der Waals surface area contributed by atoms with Crippen LogP contribution in [0, 0.1) is 0 Å². The number of piperidine rings is 1.